The number of benzene rings is 1. The summed E-state index contributed by atoms with van der Waals surface area (Å²) in [5, 5.41) is 3.56. The standard InChI is InChI=1S/C13H18FN/c1-2-13(7-4-8-13)15-10-11-5-3-6-12(14)9-11/h3,5-6,9,15H,2,4,7-8,10H2,1H3. The molecule has 1 saturated carbocycles. The molecule has 2 rings (SSSR count). The minimum absolute atomic E-state index is 0.145. The predicted molar refractivity (Wildman–Crippen MR) is 60.1 cm³/mol. The Morgan fingerprint density at radius 2 is 2.20 bits per heavy atom. The minimum atomic E-state index is -0.145. The van der Waals surface area contributed by atoms with Crippen molar-refractivity contribution in [2.75, 3.05) is 0 Å². The Morgan fingerprint density at radius 1 is 1.40 bits per heavy atom. The van der Waals surface area contributed by atoms with Gasteiger partial charge in [-0.1, -0.05) is 19.1 Å². The van der Waals surface area contributed by atoms with E-state index in [0.717, 1.165) is 12.1 Å². The van der Waals surface area contributed by atoms with E-state index in [-0.39, 0.29) is 5.82 Å². The zero-order valence-corrected chi connectivity index (χ0v) is 9.22. The molecule has 0 spiro atoms. The first-order valence-corrected chi connectivity index (χ1v) is 5.74. The average Bonchev–Trinajstić information content (AvgIpc) is 2.17. The van der Waals surface area contributed by atoms with Gasteiger partial charge < -0.3 is 5.32 Å². The van der Waals surface area contributed by atoms with Crippen LogP contribution in [-0.2, 0) is 6.54 Å². The van der Waals surface area contributed by atoms with Crippen LogP contribution in [0.2, 0.25) is 0 Å². The molecule has 1 fully saturated rings. The van der Waals surface area contributed by atoms with Crippen molar-refractivity contribution in [3.8, 4) is 0 Å². The topological polar surface area (TPSA) is 12.0 Å². The van der Waals surface area contributed by atoms with Crippen LogP contribution < -0.4 is 5.32 Å². The van der Waals surface area contributed by atoms with Gasteiger partial charge in [0.25, 0.3) is 0 Å². The number of hydrogen-bond acceptors (Lipinski definition) is 1. The van der Waals surface area contributed by atoms with Crippen LogP contribution in [0.25, 0.3) is 0 Å². The molecule has 15 heavy (non-hydrogen) atoms. The van der Waals surface area contributed by atoms with E-state index in [1.165, 1.54) is 31.7 Å². The summed E-state index contributed by atoms with van der Waals surface area (Å²) in [6, 6.07) is 6.83. The molecule has 2 heteroatoms. The Balaban J connectivity index is 1.92. The molecule has 0 amide bonds. The van der Waals surface area contributed by atoms with Crippen molar-refractivity contribution in [3.63, 3.8) is 0 Å². The first-order chi connectivity index (χ1) is 7.24. The molecule has 0 atom stereocenters. The molecule has 1 aromatic carbocycles. The number of halogens is 1. The molecule has 0 saturated heterocycles. The van der Waals surface area contributed by atoms with Gasteiger partial charge in [0.2, 0.25) is 0 Å². The minimum Gasteiger partial charge on any atom is -0.307 e. The van der Waals surface area contributed by atoms with Crippen LogP contribution in [0, 0.1) is 5.82 Å². The van der Waals surface area contributed by atoms with Crippen LogP contribution in [0.3, 0.4) is 0 Å². The van der Waals surface area contributed by atoms with Gasteiger partial charge in [0.15, 0.2) is 0 Å². The number of hydrogen-bond donors (Lipinski definition) is 1. The summed E-state index contributed by atoms with van der Waals surface area (Å²) in [7, 11) is 0. The number of nitrogens with one attached hydrogen (secondary N) is 1. The van der Waals surface area contributed by atoms with Gasteiger partial charge in [0, 0.05) is 12.1 Å². The van der Waals surface area contributed by atoms with Crippen LogP contribution in [0.4, 0.5) is 4.39 Å². The van der Waals surface area contributed by atoms with E-state index < -0.39 is 0 Å². The van der Waals surface area contributed by atoms with Gasteiger partial charge in [-0.2, -0.15) is 0 Å². The summed E-state index contributed by atoms with van der Waals surface area (Å²) in [6.45, 7) is 3.00. The average molecular weight is 207 g/mol. The Hall–Kier alpha value is -0.890. The fourth-order valence-corrected chi connectivity index (χ4v) is 2.20. The van der Waals surface area contributed by atoms with Crippen LogP contribution >= 0.6 is 0 Å². The summed E-state index contributed by atoms with van der Waals surface area (Å²) in [4.78, 5) is 0. The van der Waals surface area contributed by atoms with Crippen LogP contribution in [0.15, 0.2) is 24.3 Å². The van der Waals surface area contributed by atoms with E-state index in [1.54, 1.807) is 12.1 Å². The third kappa shape index (κ3) is 2.37. The van der Waals surface area contributed by atoms with Crippen LogP contribution in [0.1, 0.15) is 38.2 Å². The van der Waals surface area contributed by atoms with Gasteiger partial charge in [-0.15, -0.1) is 0 Å². The van der Waals surface area contributed by atoms with Crippen molar-refractivity contribution in [2.24, 2.45) is 0 Å². The molecule has 1 nitrogen and oxygen atoms in total. The molecule has 82 valence electrons. The van der Waals surface area contributed by atoms with Gasteiger partial charge >= 0.3 is 0 Å². The van der Waals surface area contributed by atoms with Crippen molar-refractivity contribution in [1.29, 1.82) is 0 Å². The lowest BCUT2D eigenvalue weighted by Crippen LogP contribution is -2.49. The Morgan fingerprint density at radius 3 is 2.73 bits per heavy atom. The molecule has 0 unspecified atom stereocenters. The second-order valence-electron chi connectivity index (χ2n) is 4.47. The monoisotopic (exact) mass is 207 g/mol. The molecule has 1 aliphatic rings. The zero-order valence-electron chi connectivity index (χ0n) is 9.22. The van der Waals surface area contributed by atoms with Crippen molar-refractivity contribution < 1.29 is 4.39 Å². The molecule has 1 aliphatic carbocycles. The quantitative estimate of drug-likeness (QED) is 0.799. The third-order valence-electron chi connectivity index (χ3n) is 3.54. The Labute approximate surface area is 90.7 Å². The molecule has 0 bridgehead atoms. The molecule has 0 aliphatic heterocycles. The smallest absolute Gasteiger partial charge is 0.123 e. The Bertz CT molecular complexity index is 326. The van der Waals surface area contributed by atoms with Gasteiger partial charge in [0.05, 0.1) is 0 Å². The first kappa shape index (κ1) is 10.6. The van der Waals surface area contributed by atoms with Crippen LogP contribution in [-0.4, -0.2) is 5.54 Å². The summed E-state index contributed by atoms with van der Waals surface area (Å²) in [6.07, 6.45) is 5.02. The summed E-state index contributed by atoms with van der Waals surface area (Å²) in [5.74, 6) is -0.145. The normalized spacial score (nSPS) is 18.5. The number of rotatable bonds is 4. The molecule has 0 aromatic heterocycles. The zero-order chi connectivity index (χ0) is 10.7. The third-order valence-corrected chi connectivity index (χ3v) is 3.54. The first-order valence-electron chi connectivity index (χ1n) is 5.74. The predicted octanol–water partition coefficient (Wildman–Crippen LogP) is 3.25. The van der Waals surface area contributed by atoms with Gasteiger partial charge in [-0.3, -0.25) is 0 Å². The molecule has 0 heterocycles. The fourth-order valence-electron chi connectivity index (χ4n) is 2.20. The second-order valence-corrected chi connectivity index (χ2v) is 4.47. The van der Waals surface area contributed by atoms with E-state index in [4.69, 9.17) is 0 Å². The second kappa shape index (κ2) is 4.31. The van der Waals surface area contributed by atoms with E-state index in [0.29, 0.717) is 5.54 Å². The molecular formula is C13H18FN. The van der Waals surface area contributed by atoms with Crippen molar-refractivity contribution in [3.05, 3.63) is 35.6 Å². The van der Waals surface area contributed by atoms with Gasteiger partial charge in [-0.25, -0.2) is 4.39 Å². The van der Waals surface area contributed by atoms with Crippen molar-refractivity contribution >= 4 is 0 Å². The maximum absolute atomic E-state index is 12.9. The largest absolute Gasteiger partial charge is 0.307 e. The molecular weight excluding hydrogens is 189 g/mol. The summed E-state index contributed by atoms with van der Waals surface area (Å²) >= 11 is 0. The van der Waals surface area contributed by atoms with E-state index >= 15 is 0 Å². The fraction of sp³-hybridized carbons (Fsp3) is 0.538. The molecule has 0 radical (unpaired) electrons. The van der Waals surface area contributed by atoms with E-state index in [9.17, 15) is 4.39 Å². The van der Waals surface area contributed by atoms with E-state index in [2.05, 4.69) is 12.2 Å². The highest BCUT2D eigenvalue weighted by atomic mass is 19.1. The highest BCUT2D eigenvalue weighted by Crippen LogP contribution is 2.34. The van der Waals surface area contributed by atoms with Crippen molar-refractivity contribution in [1.82, 2.24) is 5.32 Å². The molecule has 1 aromatic rings. The maximum atomic E-state index is 12.9. The van der Waals surface area contributed by atoms with Gasteiger partial charge in [0.1, 0.15) is 5.82 Å². The lowest BCUT2D eigenvalue weighted by Gasteiger charge is -2.42. The van der Waals surface area contributed by atoms with E-state index in [1.807, 2.05) is 6.07 Å². The Kier molecular flexibility index (Phi) is 3.06. The highest BCUT2D eigenvalue weighted by molar-refractivity contribution is 5.16. The lowest BCUT2D eigenvalue weighted by molar-refractivity contribution is 0.175. The maximum Gasteiger partial charge on any atom is 0.123 e. The highest BCUT2D eigenvalue weighted by Gasteiger charge is 2.33. The summed E-state index contributed by atoms with van der Waals surface area (Å²) in [5.41, 5.74) is 1.38. The summed E-state index contributed by atoms with van der Waals surface area (Å²) < 4.78 is 12.9. The van der Waals surface area contributed by atoms with Crippen molar-refractivity contribution in [2.45, 2.75) is 44.7 Å². The van der Waals surface area contributed by atoms with Gasteiger partial charge in [-0.05, 0) is 43.4 Å². The SMILES string of the molecule is CCC1(NCc2cccc(F)c2)CCC1. The molecule has 1 N–H and O–H groups in total. The lowest BCUT2D eigenvalue weighted by atomic mass is 9.75. The van der Waals surface area contributed by atoms with Crippen LogP contribution in [0.5, 0.6) is 0 Å².